The van der Waals surface area contributed by atoms with Gasteiger partial charge in [0.25, 0.3) is 5.91 Å². The highest BCUT2D eigenvalue weighted by molar-refractivity contribution is 5.93. The summed E-state index contributed by atoms with van der Waals surface area (Å²) >= 11 is 0. The third-order valence-corrected chi connectivity index (χ3v) is 3.15. The molecule has 0 fully saturated rings. The number of hydrogen-bond acceptors (Lipinski definition) is 3. The number of benzene rings is 1. The lowest BCUT2D eigenvalue weighted by atomic mass is 10.1. The van der Waals surface area contributed by atoms with Gasteiger partial charge in [0.2, 0.25) is 0 Å². The van der Waals surface area contributed by atoms with Crippen LogP contribution < -0.4 is 10.6 Å². The number of rotatable bonds is 6. The molecule has 0 aliphatic carbocycles. The van der Waals surface area contributed by atoms with E-state index in [1.165, 1.54) is 18.3 Å². The monoisotopic (exact) mass is 323 g/mol. The van der Waals surface area contributed by atoms with Crippen LogP contribution >= 0.6 is 0 Å². The van der Waals surface area contributed by atoms with E-state index < -0.39 is 11.7 Å². The van der Waals surface area contributed by atoms with Crippen molar-refractivity contribution in [2.24, 2.45) is 0 Å². The van der Waals surface area contributed by atoms with Gasteiger partial charge in [-0.05, 0) is 23.8 Å². The second-order valence-electron chi connectivity index (χ2n) is 4.83. The van der Waals surface area contributed by atoms with Gasteiger partial charge in [-0.2, -0.15) is 13.2 Å². The molecule has 0 aliphatic rings. The summed E-state index contributed by atoms with van der Waals surface area (Å²) < 4.78 is 38.5. The number of halogens is 3. The van der Waals surface area contributed by atoms with E-state index in [1.807, 2.05) is 0 Å². The van der Waals surface area contributed by atoms with Gasteiger partial charge in [0.1, 0.15) is 0 Å². The molecule has 23 heavy (non-hydrogen) atoms. The molecule has 0 bridgehead atoms. The van der Waals surface area contributed by atoms with Crippen molar-refractivity contribution in [3.05, 3.63) is 65.5 Å². The minimum Gasteiger partial charge on any atom is -0.351 e. The molecule has 0 atom stereocenters. The SMILES string of the molecule is O=C(NCCNCc1ccccc1C(F)(F)F)c1cccnc1. The third kappa shape index (κ3) is 5.07. The molecule has 2 rings (SSSR count). The number of nitrogens with one attached hydrogen (secondary N) is 2. The highest BCUT2D eigenvalue weighted by Gasteiger charge is 2.32. The summed E-state index contributed by atoms with van der Waals surface area (Å²) in [7, 11) is 0. The van der Waals surface area contributed by atoms with Crippen LogP contribution in [0, 0.1) is 0 Å². The first-order valence-electron chi connectivity index (χ1n) is 7.02. The molecular weight excluding hydrogens is 307 g/mol. The fourth-order valence-corrected chi connectivity index (χ4v) is 2.04. The Labute approximate surface area is 131 Å². The van der Waals surface area contributed by atoms with Crippen molar-refractivity contribution in [2.75, 3.05) is 13.1 Å². The Balaban J connectivity index is 1.77. The highest BCUT2D eigenvalue weighted by atomic mass is 19.4. The number of pyridine rings is 1. The molecule has 0 radical (unpaired) electrons. The zero-order valence-electron chi connectivity index (χ0n) is 12.2. The summed E-state index contributed by atoms with van der Waals surface area (Å²) in [5.74, 6) is -0.268. The predicted octanol–water partition coefficient (Wildman–Crippen LogP) is 2.62. The van der Waals surface area contributed by atoms with Crippen molar-refractivity contribution in [2.45, 2.75) is 12.7 Å². The largest absolute Gasteiger partial charge is 0.416 e. The van der Waals surface area contributed by atoms with Crippen molar-refractivity contribution in [1.29, 1.82) is 0 Å². The van der Waals surface area contributed by atoms with Crippen LogP contribution in [0.5, 0.6) is 0 Å². The normalized spacial score (nSPS) is 11.3. The minimum absolute atomic E-state index is 0.0818. The number of aromatic nitrogens is 1. The fraction of sp³-hybridized carbons (Fsp3) is 0.250. The standard InChI is InChI=1S/C16H16F3N3O/c17-16(18,19)14-6-2-1-4-12(14)10-21-8-9-22-15(23)13-5-3-7-20-11-13/h1-7,11,21H,8-10H2,(H,22,23). The van der Waals surface area contributed by atoms with Gasteiger partial charge >= 0.3 is 6.18 Å². The summed E-state index contributed by atoms with van der Waals surface area (Å²) in [4.78, 5) is 15.6. The Hall–Kier alpha value is -2.41. The van der Waals surface area contributed by atoms with E-state index >= 15 is 0 Å². The van der Waals surface area contributed by atoms with Gasteiger partial charge in [0, 0.05) is 32.0 Å². The maximum atomic E-state index is 12.8. The molecule has 0 unspecified atom stereocenters. The van der Waals surface area contributed by atoms with Crippen LogP contribution in [0.25, 0.3) is 0 Å². The number of alkyl halides is 3. The molecular formula is C16H16F3N3O. The molecule has 0 saturated carbocycles. The molecule has 1 aromatic heterocycles. The molecule has 7 heteroatoms. The zero-order chi connectivity index (χ0) is 16.7. The van der Waals surface area contributed by atoms with Crippen LogP contribution in [0.1, 0.15) is 21.5 Å². The van der Waals surface area contributed by atoms with E-state index in [0.717, 1.165) is 6.07 Å². The quantitative estimate of drug-likeness (QED) is 0.804. The van der Waals surface area contributed by atoms with Crippen LogP contribution in [-0.2, 0) is 12.7 Å². The summed E-state index contributed by atoms with van der Waals surface area (Å²) in [6.45, 7) is 0.749. The van der Waals surface area contributed by atoms with Crippen molar-refractivity contribution in [1.82, 2.24) is 15.6 Å². The minimum atomic E-state index is -4.37. The van der Waals surface area contributed by atoms with Crippen molar-refractivity contribution < 1.29 is 18.0 Å². The first-order valence-corrected chi connectivity index (χ1v) is 7.02. The van der Waals surface area contributed by atoms with E-state index in [4.69, 9.17) is 0 Å². The molecule has 1 amide bonds. The Morgan fingerprint density at radius 1 is 1.09 bits per heavy atom. The van der Waals surface area contributed by atoms with Gasteiger partial charge in [0.05, 0.1) is 11.1 Å². The van der Waals surface area contributed by atoms with Gasteiger partial charge in [-0.15, -0.1) is 0 Å². The van der Waals surface area contributed by atoms with Gasteiger partial charge in [0.15, 0.2) is 0 Å². The Bertz CT molecular complexity index is 645. The Kier molecular flexibility index (Phi) is 5.70. The molecule has 0 spiro atoms. The van der Waals surface area contributed by atoms with Crippen LogP contribution in [0.4, 0.5) is 13.2 Å². The van der Waals surface area contributed by atoms with Crippen molar-refractivity contribution >= 4 is 5.91 Å². The van der Waals surface area contributed by atoms with Crippen LogP contribution in [0.15, 0.2) is 48.8 Å². The van der Waals surface area contributed by atoms with Crippen LogP contribution in [0.3, 0.4) is 0 Å². The zero-order valence-corrected chi connectivity index (χ0v) is 12.2. The van der Waals surface area contributed by atoms with E-state index in [1.54, 1.807) is 24.4 Å². The summed E-state index contributed by atoms with van der Waals surface area (Å²) in [5.41, 5.74) is -0.0274. The molecule has 4 nitrogen and oxygen atoms in total. The van der Waals surface area contributed by atoms with Gasteiger partial charge in [-0.1, -0.05) is 18.2 Å². The van der Waals surface area contributed by atoms with E-state index in [0.29, 0.717) is 18.7 Å². The maximum absolute atomic E-state index is 12.8. The molecule has 2 N–H and O–H groups in total. The summed E-state index contributed by atoms with van der Waals surface area (Å²) in [6.07, 6.45) is -1.36. The second kappa shape index (κ2) is 7.73. The summed E-state index contributed by atoms with van der Waals surface area (Å²) in [5, 5.41) is 5.56. The fourth-order valence-electron chi connectivity index (χ4n) is 2.04. The first kappa shape index (κ1) is 17.0. The number of nitrogens with zero attached hydrogens (tertiary/aromatic N) is 1. The lowest BCUT2D eigenvalue weighted by Crippen LogP contribution is -2.32. The predicted molar refractivity (Wildman–Crippen MR) is 79.7 cm³/mol. The van der Waals surface area contributed by atoms with Crippen molar-refractivity contribution in [3.8, 4) is 0 Å². The van der Waals surface area contributed by atoms with E-state index in [9.17, 15) is 18.0 Å². The van der Waals surface area contributed by atoms with Gasteiger partial charge in [-0.25, -0.2) is 0 Å². The number of carbonyl (C=O) groups excluding carboxylic acids is 1. The average Bonchev–Trinajstić information content (AvgIpc) is 2.54. The molecule has 1 heterocycles. The Morgan fingerprint density at radius 2 is 1.87 bits per heavy atom. The average molecular weight is 323 g/mol. The second-order valence-corrected chi connectivity index (χ2v) is 4.83. The maximum Gasteiger partial charge on any atom is 0.416 e. The Morgan fingerprint density at radius 3 is 2.57 bits per heavy atom. The number of carbonyl (C=O) groups is 1. The topological polar surface area (TPSA) is 54.0 Å². The summed E-state index contributed by atoms with van der Waals surface area (Å²) in [6, 6.07) is 8.71. The van der Waals surface area contributed by atoms with Gasteiger partial charge in [-0.3, -0.25) is 9.78 Å². The number of amides is 1. The number of hydrogen-bond donors (Lipinski definition) is 2. The van der Waals surface area contributed by atoms with Gasteiger partial charge < -0.3 is 10.6 Å². The van der Waals surface area contributed by atoms with Crippen molar-refractivity contribution in [3.63, 3.8) is 0 Å². The molecule has 2 aromatic rings. The molecule has 122 valence electrons. The van der Waals surface area contributed by atoms with Crippen LogP contribution in [0.2, 0.25) is 0 Å². The van der Waals surface area contributed by atoms with Crippen LogP contribution in [-0.4, -0.2) is 24.0 Å². The van der Waals surface area contributed by atoms with E-state index in [-0.39, 0.29) is 18.0 Å². The molecule has 1 aromatic carbocycles. The molecule has 0 aliphatic heterocycles. The molecule has 0 saturated heterocycles. The lowest BCUT2D eigenvalue weighted by Gasteiger charge is -2.13. The highest BCUT2D eigenvalue weighted by Crippen LogP contribution is 2.31. The first-order chi connectivity index (χ1) is 11.0. The lowest BCUT2D eigenvalue weighted by molar-refractivity contribution is -0.138. The smallest absolute Gasteiger partial charge is 0.351 e. The van der Waals surface area contributed by atoms with E-state index in [2.05, 4.69) is 15.6 Å². The third-order valence-electron chi connectivity index (χ3n) is 3.15.